The minimum atomic E-state index is -0.389. The lowest BCUT2D eigenvalue weighted by atomic mass is 10.1. The van der Waals surface area contributed by atoms with Crippen LogP contribution in [0.4, 0.5) is 0 Å². The lowest BCUT2D eigenvalue weighted by Crippen LogP contribution is -2.27. The number of fused-ring (bicyclic) bond motifs is 2. The first-order valence-electron chi connectivity index (χ1n) is 9.50. The minimum Gasteiger partial charge on any atom is -0.488 e. The summed E-state index contributed by atoms with van der Waals surface area (Å²) in [5.41, 5.74) is -0.389. The van der Waals surface area contributed by atoms with E-state index in [4.69, 9.17) is 9.15 Å². The molecular formula is C22H26Br2O3. The van der Waals surface area contributed by atoms with Crippen LogP contribution in [-0.2, 0) is 6.42 Å². The van der Waals surface area contributed by atoms with Crippen LogP contribution < -0.4 is 10.4 Å². The normalized spacial score (nSPS) is 21.9. The molecule has 0 aliphatic carbocycles. The fraction of sp³-hybridized carbons (Fsp3) is 0.500. The standard InChI is InChI=1S/C22H26Br2O3/c1-2-19-18(23)15-13-11-9-7-5-3-4-6-8-10-12-14-17-16-20(27-19)21(24)22(25)26-17/h5,7,11,13,16,18-19H,2-3,8-10,12,14-15H2,1H3/t18-,19+/m0/s1. The van der Waals surface area contributed by atoms with Gasteiger partial charge >= 0.3 is 5.63 Å². The summed E-state index contributed by atoms with van der Waals surface area (Å²) in [6, 6.07) is 1.84. The van der Waals surface area contributed by atoms with Crippen molar-refractivity contribution in [2.75, 3.05) is 0 Å². The van der Waals surface area contributed by atoms with Gasteiger partial charge in [-0.25, -0.2) is 4.79 Å². The predicted molar refractivity (Wildman–Crippen MR) is 118 cm³/mol. The van der Waals surface area contributed by atoms with Crippen molar-refractivity contribution in [2.45, 2.75) is 69.2 Å². The molecule has 2 heterocycles. The van der Waals surface area contributed by atoms with E-state index >= 15 is 0 Å². The Balaban J connectivity index is 2.20. The van der Waals surface area contributed by atoms with Gasteiger partial charge in [0.05, 0.1) is 4.83 Å². The van der Waals surface area contributed by atoms with Gasteiger partial charge in [0.1, 0.15) is 22.1 Å². The summed E-state index contributed by atoms with van der Waals surface area (Å²) in [6.45, 7) is 2.08. The highest BCUT2D eigenvalue weighted by molar-refractivity contribution is 9.10. The molecule has 5 heteroatoms. The van der Waals surface area contributed by atoms with E-state index in [0.717, 1.165) is 44.9 Å². The van der Waals surface area contributed by atoms with Gasteiger partial charge in [-0.05, 0) is 48.0 Å². The number of halogens is 2. The lowest BCUT2D eigenvalue weighted by molar-refractivity contribution is 0.191. The van der Waals surface area contributed by atoms with E-state index < -0.39 is 0 Å². The molecule has 0 saturated heterocycles. The molecule has 2 atom stereocenters. The fourth-order valence-electron chi connectivity index (χ4n) is 2.75. The second kappa shape index (κ2) is 12.3. The van der Waals surface area contributed by atoms with Gasteiger partial charge in [0.15, 0.2) is 0 Å². The third-order valence-electron chi connectivity index (χ3n) is 4.28. The zero-order valence-electron chi connectivity index (χ0n) is 15.7. The van der Waals surface area contributed by atoms with E-state index in [0.29, 0.717) is 22.4 Å². The first-order chi connectivity index (χ1) is 13.1. The van der Waals surface area contributed by atoms with E-state index in [1.807, 2.05) is 6.07 Å². The quantitative estimate of drug-likeness (QED) is 0.258. The molecule has 0 aromatic carbocycles. The third-order valence-corrected chi connectivity index (χ3v) is 5.96. The summed E-state index contributed by atoms with van der Waals surface area (Å²) < 4.78 is 11.9. The van der Waals surface area contributed by atoms with Crippen LogP contribution >= 0.6 is 31.9 Å². The number of allylic oxidation sites excluding steroid dienone is 4. The Kier molecular flexibility index (Phi) is 10.0. The topological polar surface area (TPSA) is 39.4 Å². The molecule has 0 unspecified atom stereocenters. The maximum atomic E-state index is 12.1. The summed E-state index contributed by atoms with van der Waals surface area (Å²) in [4.78, 5) is 12.3. The predicted octanol–water partition coefficient (Wildman–Crippen LogP) is 6.34. The highest BCUT2D eigenvalue weighted by atomic mass is 79.9. The van der Waals surface area contributed by atoms with Crippen LogP contribution in [0, 0.1) is 11.8 Å². The van der Waals surface area contributed by atoms with Gasteiger partial charge in [-0.3, -0.25) is 0 Å². The van der Waals surface area contributed by atoms with Crippen LogP contribution in [0.15, 0.2) is 44.1 Å². The summed E-state index contributed by atoms with van der Waals surface area (Å²) >= 11 is 7.06. The monoisotopic (exact) mass is 496 g/mol. The first kappa shape index (κ1) is 22.0. The molecule has 1 aromatic rings. The van der Waals surface area contributed by atoms with Crippen LogP contribution in [0.1, 0.15) is 57.6 Å². The molecule has 146 valence electrons. The zero-order valence-corrected chi connectivity index (χ0v) is 18.9. The fourth-order valence-corrected chi connectivity index (χ4v) is 3.74. The number of aryl methyl sites for hydroxylation is 1. The maximum absolute atomic E-state index is 12.1. The summed E-state index contributed by atoms with van der Waals surface area (Å²) in [6.07, 6.45) is 15.4. The van der Waals surface area contributed by atoms with Crippen LogP contribution in [-0.4, -0.2) is 10.9 Å². The molecule has 0 saturated carbocycles. The second-order valence-corrected chi connectivity index (χ2v) is 8.41. The molecule has 27 heavy (non-hydrogen) atoms. The van der Waals surface area contributed by atoms with Gasteiger partial charge in [-0.2, -0.15) is 0 Å². The van der Waals surface area contributed by atoms with Gasteiger partial charge in [-0.15, -0.1) is 5.92 Å². The number of alkyl halides is 1. The smallest absolute Gasteiger partial charge is 0.354 e. The number of hydrogen-bond acceptors (Lipinski definition) is 3. The Bertz CT molecular complexity index is 768. The highest BCUT2D eigenvalue weighted by Crippen LogP contribution is 2.28. The van der Waals surface area contributed by atoms with E-state index in [9.17, 15) is 4.79 Å². The molecule has 0 amide bonds. The van der Waals surface area contributed by atoms with Gasteiger partial charge in [-0.1, -0.05) is 53.1 Å². The lowest BCUT2D eigenvalue weighted by Gasteiger charge is -2.22. The second-order valence-electron chi connectivity index (χ2n) is 6.44. The molecule has 1 aliphatic rings. The van der Waals surface area contributed by atoms with Crippen molar-refractivity contribution < 1.29 is 9.15 Å². The molecule has 1 aromatic heterocycles. The SMILES string of the molecule is CC[C@H]1Oc2cc(oc(=O)c2Br)CCCCC#CCC=CCC=CC[C@@H]1Br. The van der Waals surface area contributed by atoms with E-state index in [1.54, 1.807) is 0 Å². The van der Waals surface area contributed by atoms with Gasteiger partial charge in [0, 0.05) is 25.3 Å². The van der Waals surface area contributed by atoms with Crippen molar-refractivity contribution in [3.05, 3.63) is 51.0 Å². The van der Waals surface area contributed by atoms with Crippen molar-refractivity contribution in [3.63, 3.8) is 0 Å². The molecule has 0 radical (unpaired) electrons. The summed E-state index contributed by atoms with van der Waals surface area (Å²) in [5, 5.41) is 0. The summed E-state index contributed by atoms with van der Waals surface area (Å²) in [5.74, 6) is 7.59. The van der Waals surface area contributed by atoms with Crippen LogP contribution in [0.3, 0.4) is 0 Å². The van der Waals surface area contributed by atoms with Gasteiger partial charge in [0.25, 0.3) is 0 Å². The summed E-state index contributed by atoms with van der Waals surface area (Å²) in [7, 11) is 0. The Labute approximate surface area is 178 Å². The van der Waals surface area contributed by atoms with Crippen molar-refractivity contribution >= 4 is 31.9 Å². The largest absolute Gasteiger partial charge is 0.488 e. The maximum Gasteiger partial charge on any atom is 0.354 e. The third kappa shape index (κ3) is 7.71. The van der Waals surface area contributed by atoms with Crippen LogP contribution in [0.2, 0.25) is 0 Å². The van der Waals surface area contributed by atoms with Crippen LogP contribution in [0.5, 0.6) is 5.75 Å². The van der Waals surface area contributed by atoms with Gasteiger partial charge in [0.2, 0.25) is 0 Å². The minimum absolute atomic E-state index is 0.0355. The number of hydrogen-bond donors (Lipinski definition) is 0. The Morgan fingerprint density at radius 3 is 2.81 bits per heavy atom. The molecular weight excluding hydrogens is 472 g/mol. The van der Waals surface area contributed by atoms with E-state index in [-0.39, 0.29) is 16.6 Å². The molecule has 0 N–H and O–H groups in total. The van der Waals surface area contributed by atoms with E-state index in [2.05, 4.69) is 74.9 Å². The zero-order chi connectivity index (χ0) is 19.5. The Hall–Kier alpha value is -1.25. The number of rotatable bonds is 1. The Morgan fingerprint density at radius 2 is 2.00 bits per heavy atom. The molecule has 3 nitrogen and oxygen atoms in total. The molecule has 2 bridgehead atoms. The average molecular weight is 498 g/mol. The Morgan fingerprint density at radius 1 is 1.19 bits per heavy atom. The number of ether oxygens (including phenoxy) is 1. The van der Waals surface area contributed by atoms with Crippen molar-refractivity contribution in [1.29, 1.82) is 0 Å². The highest BCUT2D eigenvalue weighted by Gasteiger charge is 2.21. The van der Waals surface area contributed by atoms with Gasteiger partial charge < -0.3 is 9.15 Å². The van der Waals surface area contributed by atoms with E-state index in [1.165, 1.54) is 0 Å². The molecule has 0 spiro atoms. The molecule has 1 aliphatic heterocycles. The van der Waals surface area contributed by atoms with Crippen LogP contribution in [0.25, 0.3) is 0 Å². The molecule has 2 rings (SSSR count). The van der Waals surface area contributed by atoms with Crippen molar-refractivity contribution in [3.8, 4) is 17.6 Å². The average Bonchev–Trinajstić information content (AvgIpc) is 2.66. The van der Waals surface area contributed by atoms with Crippen molar-refractivity contribution in [1.82, 2.24) is 0 Å². The first-order valence-corrected chi connectivity index (χ1v) is 11.2. The molecule has 0 fully saturated rings. The van der Waals surface area contributed by atoms with Crippen molar-refractivity contribution in [2.24, 2.45) is 0 Å².